The van der Waals surface area contributed by atoms with Crippen molar-refractivity contribution in [2.24, 2.45) is 0 Å². The molecular weight excluding hydrogens is 327 g/mol. The summed E-state index contributed by atoms with van der Waals surface area (Å²) < 4.78 is 35.5. The molecule has 0 aromatic rings. The fourth-order valence-electron chi connectivity index (χ4n) is 2.51. The molecule has 0 aliphatic carbocycles. The van der Waals surface area contributed by atoms with Crippen LogP contribution in [-0.2, 0) is 19.6 Å². The van der Waals surface area contributed by atoms with Gasteiger partial charge in [-0.1, -0.05) is 64.7 Å². The Hall–Kier alpha value is 0.380. The van der Waals surface area contributed by atoms with E-state index in [1.807, 2.05) is 0 Å². The normalized spacial score (nSPS) is 12.5. The molecule has 0 saturated heterocycles. The second kappa shape index (κ2) is 15.9. The zero-order valence-corrected chi connectivity index (χ0v) is 17.9. The Morgan fingerprint density at radius 2 is 1.39 bits per heavy atom. The molecule has 7 heteroatoms. The van der Waals surface area contributed by atoms with Gasteiger partial charge in [-0.3, -0.25) is 9.35 Å². The minimum atomic E-state index is -4.11. The van der Waals surface area contributed by atoms with Gasteiger partial charge in [-0.15, -0.1) is 0 Å². The van der Waals surface area contributed by atoms with E-state index in [9.17, 15) is 13.2 Å². The van der Waals surface area contributed by atoms with Crippen LogP contribution in [0, 0.1) is 0 Å². The van der Waals surface area contributed by atoms with Crippen LogP contribution in [-0.4, -0.2) is 60.4 Å². The van der Waals surface area contributed by atoms with Gasteiger partial charge >= 0.3 is 5.97 Å². The van der Waals surface area contributed by atoms with E-state index in [2.05, 4.69) is 6.92 Å². The molecule has 0 aromatic heterocycles. The van der Waals surface area contributed by atoms with Crippen LogP contribution in [0.5, 0.6) is 0 Å². The van der Waals surface area contributed by atoms with E-state index in [0.29, 0.717) is 6.42 Å². The van der Waals surface area contributed by atoms with Crippen molar-refractivity contribution in [1.82, 2.24) is 0 Å². The topological polar surface area (TPSA) is 80.7 Å². The molecule has 0 aromatic carbocycles. The zero-order chi connectivity index (χ0) is 16.8. The van der Waals surface area contributed by atoms with Crippen molar-refractivity contribution in [2.75, 3.05) is 5.75 Å². The number of carbonyl (C=O) groups excluding carboxylic acids is 1. The summed E-state index contributed by atoms with van der Waals surface area (Å²) in [5.41, 5.74) is 0. The predicted octanol–water partition coefficient (Wildman–Crippen LogP) is 3.74. The van der Waals surface area contributed by atoms with E-state index in [1.165, 1.54) is 51.9 Å². The maximum atomic E-state index is 10.9. The van der Waals surface area contributed by atoms with Crippen molar-refractivity contribution >= 4 is 45.6 Å². The van der Waals surface area contributed by atoms with Crippen LogP contribution >= 0.6 is 0 Å². The van der Waals surface area contributed by atoms with E-state index in [0.717, 1.165) is 19.3 Å². The van der Waals surface area contributed by atoms with Gasteiger partial charge in [-0.25, -0.2) is 0 Å². The molecule has 0 fully saturated rings. The average molecular weight is 359 g/mol. The summed E-state index contributed by atoms with van der Waals surface area (Å²) in [6, 6.07) is 0. The van der Waals surface area contributed by atoms with Gasteiger partial charge in [0.25, 0.3) is 10.1 Å². The maximum Gasteiger partial charge on any atom is 0.302 e. The molecule has 1 N–H and O–H groups in total. The van der Waals surface area contributed by atoms with Crippen molar-refractivity contribution in [2.45, 2.75) is 90.6 Å². The first-order valence-corrected chi connectivity index (χ1v) is 10.1. The number of hydrogen-bond acceptors (Lipinski definition) is 4. The first-order valence-electron chi connectivity index (χ1n) is 8.47. The van der Waals surface area contributed by atoms with Gasteiger partial charge in [0, 0.05) is 36.5 Å². The Morgan fingerprint density at radius 3 is 1.78 bits per heavy atom. The van der Waals surface area contributed by atoms with Gasteiger partial charge < -0.3 is 4.74 Å². The van der Waals surface area contributed by atoms with Crippen LogP contribution in [0.1, 0.15) is 84.5 Å². The van der Waals surface area contributed by atoms with Crippen LogP contribution in [0.15, 0.2) is 0 Å². The molecular formula is C16H32NaO5S. The van der Waals surface area contributed by atoms with Crippen LogP contribution in [0.25, 0.3) is 0 Å². The molecule has 1 radical (unpaired) electrons. The number of ether oxygens (including phenoxy) is 1. The minimum absolute atomic E-state index is 0. The number of hydrogen-bond donors (Lipinski definition) is 1. The number of carbonyl (C=O) groups is 1. The number of unbranched alkanes of at least 4 members (excludes halogenated alkanes) is 9. The summed E-state index contributed by atoms with van der Waals surface area (Å²) in [7, 11) is -4.11. The summed E-state index contributed by atoms with van der Waals surface area (Å²) in [6.45, 7) is 3.46. The van der Waals surface area contributed by atoms with E-state index < -0.39 is 27.9 Å². The SMILES string of the molecule is CCCCCCCCCCCCC(CS(=O)(=O)O)OC(C)=O.[Na]. The van der Waals surface area contributed by atoms with Crippen molar-refractivity contribution in [1.29, 1.82) is 0 Å². The molecule has 0 saturated carbocycles. The summed E-state index contributed by atoms with van der Waals surface area (Å²) in [5, 5.41) is 0. The molecule has 0 bridgehead atoms. The Labute approximate surface area is 164 Å². The van der Waals surface area contributed by atoms with Crippen LogP contribution in [0.4, 0.5) is 0 Å². The van der Waals surface area contributed by atoms with E-state index in [4.69, 9.17) is 9.29 Å². The fourth-order valence-corrected chi connectivity index (χ4v) is 3.21. The van der Waals surface area contributed by atoms with E-state index in [1.54, 1.807) is 0 Å². The second-order valence-electron chi connectivity index (χ2n) is 5.95. The largest absolute Gasteiger partial charge is 0.461 e. The van der Waals surface area contributed by atoms with Crippen LogP contribution in [0.3, 0.4) is 0 Å². The molecule has 133 valence electrons. The van der Waals surface area contributed by atoms with Gasteiger partial charge in [0.15, 0.2) is 0 Å². The molecule has 1 atom stereocenters. The molecule has 0 amide bonds. The molecule has 0 aliphatic heterocycles. The predicted molar refractivity (Wildman–Crippen MR) is 94.2 cm³/mol. The third-order valence-corrected chi connectivity index (χ3v) is 4.40. The van der Waals surface area contributed by atoms with Gasteiger partial charge in [0.2, 0.25) is 0 Å². The van der Waals surface area contributed by atoms with Gasteiger partial charge in [0.1, 0.15) is 11.9 Å². The third kappa shape index (κ3) is 20.3. The van der Waals surface area contributed by atoms with Gasteiger partial charge in [-0.05, 0) is 12.8 Å². The standard InChI is InChI=1S/C16H32O5S.Na/c1-3-4-5-6-7-8-9-10-11-12-13-16(21-15(2)17)14-22(18,19)20;/h16H,3-14H2,1-2H3,(H,18,19,20);. The van der Waals surface area contributed by atoms with Crippen molar-refractivity contribution in [3.8, 4) is 0 Å². The Kier molecular flexibility index (Phi) is 17.7. The van der Waals surface area contributed by atoms with Crippen LogP contribution in [0.2, 0.25) is 0 Å². The van der Waals surface area contributed by atoms with Gasteiger partial charge in [-0.2, -0.15) is 8.42 Å². The summed E-state index contributed by atoms with van der Waals surface area (Å²) >= 11 is 0. The molecule has 0 spiro atoms. The summed E-state index contributed by atoms with van der Waals surface area (Å²) in [6.07, 6.45) is 11.7. The number of rotatable bonds is 14. The Bertz CT molecular complexity index is 384. The van der Waals surface area contributed by atoms with Crippen molar-refractivity contribution in [3.63, 3.8) is 0 Å². The fraction of sp³-hybridized carbons (Fsp3) is 0.938. The average Bonchev–Trinajstić information content (AvgIpc) is 2.38. The monoisotopic (exact) mass is 359 g/mol. The molecule has 0 heterocycles. The van der Waals surface area contributed by atoms with Gasteiger partial charge in [0.05, 0.1) is 0 Å². The Balaban J connectivity index is 0. The van der Waals surface area contributed by atoms with E-state index in [-0.39, 0.29) is 29.6 Å². The zero-order valence-electron chi connectivity index (χ0n) is 15.1. The first-order chi connectivity index (χ1) is 10.3. The quantitative estimate of drug-likeness (QED) is 0.221. The van der Waals surface area contributed by atoms with E-state index >= 15 is 0 Å². The summed E-state index contributed by atoms with van der Waals surface area (Å²) in [4.78, 5) is 10.9. The van der Waals surface area contributed by atoms with Crippen molar-refractivity contribution < 1.29 is 22.5 Å². The molecule has 0 rings (SSSR count). The third-order valence-electron chi connectivity index (χ3n) is 3.61. The molecule has 5 nitrogen and oxygen atoms in total. The van der Waals surface area contributed by atoms with Crippen molar-refractivity contribution in [3.05, 3.63) is 0 Å². The molecule has 1 unspecified atom stereocenters. The Morgan fingerprint density at radius 1 is 0.957 bits per heavy atom. The second-order valence-corrected chi connectivity index (χ2v) is 7.45. The first kappa shape index (κ1) is 25.6. The van der Waals surface area contributed by atoms with Crippen LogP contribution < -0.4 is 0 Å². The maximum absolute atomic E-state index is 10.9. The number of esters is 1. The molecule has 0 aliphatic rings. The molecule has 23 heavy (non-hydrogen) atoms. The summed E-state index contributed by atoms with van der Waals surface area (Å²) in [5.74, 6) is -1.02. The smallest absolute Gasteiger partial charge is 0.302 e. The minimum Gasteiger partial charge on any atom is -0.461 e.